The molecule has 0 radical (unpaired) electrons. The summed E-state index contributed by atoms with van der Waals surface area (Å²) in [6.07, 6.45) is 5.04. The summed E-state index contributed by atoms with van der Waals surface area (Å²) in [6, 6.07) is 2.90. The zero-order valence-corrected chi connectivity index (χ0v) is 10.7. The van der Waals surface area contributed by atoms with Crippen molar-refractivity contribution in [3.05, 3.63) is 0 Å². The van der Waals surface area contributed by atoms with Crippen LogP contribution in [0, 0.1) is 17.2 Å². The van der Waals surface area contributed by atoms with E-state index in [4.69, 9.17) is 5.26 Å². The first kappa shape index (κ1) is 13.5. The molecule has 3 nitrogen and oxygen atoms in total. The second-order valence-electron chi connectivity index (χ2n) is 4.91. The average Bonchev–Trinajstić information content (AvgIpc) is 2.52. The molecule has 0 amide bonds. The van der Waals surface area contributed by atoms with Crippen molar-refractivity contribution in [1.29, 1.82) is 5.26 Å². The number of nitrogens with zero attached hydrogens (tertiary/aromatic N) is 2. The molecule has 0 aromatic heterocycles. The third kappa shape index (κ3) is 4.96. The van der Waals surface area contributed by atoms with Gasteiger partial charge in [0.1, 0.15) is 0 Å². The van der Waals surface area contributed by atoms with Crippen molar-refractivity contribution in [1.82, 2.24) is 10.2 Å². The minimum atomic E-state index is 0.134. The second kappa shape index (κ2) is 7.65. The summed E-state index contributed by atoms with van der Waals surface area (Å²) in [7, 11) is 0. The number of nitrogens with one attached hydrogen (secondary N) is 1. The molecule has 2 atom stereocenters. The van der Waals surface area contributed by atoms with Gasteiger partial charge < -0.3 is 10.2 Å². The third-order valence-electron chi connectivity index (χ3n) is 3.29. The van der Waals surface area contributed by atoms with Crippen LogP contribution in [0.1, 0.15) is 39.5 Å². The van der Waals surface area contributed by atoms with Crippen LogP contribution in [-0.2, 0) is 0 Å². The molecule has 1 rings (SSSR count). The van der Waals surface area contributed by atoms with Gasteiger partial charge in [0.2, 0.25) is 0 Å². The van der Waals surface area contributed by atoms with Gasteiger partial charge in [-0.1, -0.05) is 6.92 Å². The van der Waals surface area contributed by atoms with Crippen molar-refractivity contribution in [2.45, 2.75) is 45.6 Å². The van der Waals surface area contributed by atoms with Crippen LogP contribution >= 0.6 is 0 Å². The normalized spacial score (nSPS) is 24.7. The summed E-state index contributed by atoms with van der Waals surface area (Å²) >= 11 is 0. The van der Waals surface area contributed by atoms with Crippen molar-refractivity contribution in [3.8, 4) is 6.07 Å². The van der Waals surface area contributed by atoms with Crippen molar-refractivity contribution in [3.63, 3.8) is 0 Å². The number of hydrogen-bond donors (Lipinski definition) is 1. The zero-order valence-electron chi connectivity index (χ0n) is 10.7. The monoisotopic (exact) mass is 223 g/mol. The highest BCUT2D eigenvalue weighted by Gasteiger charge is 2.16. The molecule has 0 saturated carbocycles. The number of hydrogen-bond acceptors (Lipinski definition) is 3. The Bertz CT molecular complexity index is 222. The van der Waals surface area contributed by atoms with Gasteiger partial charge in [-0.15, -0.1) is 0 Å². The highest BCUT2D eigenvalue weighted by atomic mass is 15.1. The maximum atomic E-state index is 8.73. The van der Waals surface area contributed by atoms with E-state index in [1.165, 1.54) is 45.3 Å². The lowest BCUT2D eigenvalue weighted by atomic mass is 10.1. The van der Waals surface area contributed by atoms with Gasteiger partial charge in [0, 0.05) is 12.6 Å². The predicted octanol–water partition coefficient (Wildman–Crippen LogP) is 2.00. The van der Waals surface area contributed by atoms with Crippen LogP contribution in [0.15, 0.2) is 0 Å². The van der Waals surface area contributed by atoms with Gasteiger partial charge in [0.15, 0.2) is 0 Å². The van der Waals surface area contributed by atoms with Crippen LogP contribution in [0.3, 0.4) is 0 Å². The van der Waals surface area contributed by atoms with Crippen LogP contribution < -0.4 is 5.32 Å². The molecule has 1 aliphatic rings. The van der Waals surface area contributed by atoms with Gasteiger partial charge in [-0.05, 0) is 52.2 Å². The van der Waals surface area contributed by atoms with E-state index < -0.39 is 0 Å². The molecular weight excluding hydrogens is 198 g/mol. The Kier molecular flexibility index (Phi) is 6.44. The van der Waals surface area contributed by atoms with Gasteiger partial charge in [0.05, 0.1) is 12.0 Å². The van der Waals surface area contributed by atoms with E-state index in [-0.39, 0.29) is 5.92 Å². The molecule has 0 aromatic carbocycles. The van der Waals surface area contributed by atoms with Crippen LogP contribution in [-0.4, -0.2) is 37.1 Å². The molecule has 1 fully saturated rings. The summed E-state index contributed by atoms with van der Waals surface area (Å²) in [5.41, 5.74) is 0. The fourth-order valence-corrected chi connectivity index (χ4v) is 2.29. The molecular formula is C13H25N3. The molecule has 0 aliphatic carbocycles. The van der Waals surface area contributed by atoms with E-state index in [0.29, 0.717) is 6.04 Å². The molecule has 2 unspecified atom stereocenters. The van der Waals surface area contributed by atoms with Crippen LogP contribution in [0.2, 0.25) is 0 Å². The smallest absolute Gasteiger partial charge is 0.0666 e. The summed E-state index contributed by atoms with van der Waals surface area (Å²) in [5, 5.41) is 12.3. The minimum Gasteiger partial charge on any atom is -0.313 e. The van der Waals surface area contributed by atoms with E-state index in [9.17, 15) is 0 Å². The average molecular weight is 223 g/mol. The molecule has 0 bridgehead atoms. The highest BCUT2D eigenvalue weighted by Crippen LogP contribution is 2.11. The largest absolute Gasteiger partial charge is 0.313 e. The maximum absolute atomic E-state index is 8.73. The summed E-state index contributed by atoms with van der Waals surface area (Å²) in [5.74, 6) is 0.134. The SMILES string of the molecule is CCCN1CCCC(NCC(C)C#N)CC1. The first-order valence-electron chi connectivity index (χ1n) is 6.61. The zero-order chi connectivity index (χ0) is 11.8. The van der Waals surface area contributed by atoms with Crippen molar-refractivity contribution in [2.75, 3.05) is 26.2 Å². The lowest BCUT2D eigenvalue weighted by Gasteiger charge is -2.19. The van der Waals surface area contributed by atoms with Crippen molar-refractivity contribution >= 4 is 0 Å². The summed E-state index contributed by atoms with van der Waals surface area (Å²) < 4.78 is 0. The van der Waals surface area contributed by atoms with E-state index in [1.54, 1.807) is 0 Å². The fraction of sp³-hybridized carbons (Fsp3) is 0.923. The van der Waals surface area contributed by atoms with E-state index >= 15 is 0 Å². The standard InChI is InChI=1S/C13H25N3/c1-3-7-16-8-4-5-13(6-9-16)15-11-12(2)10-14/h12-13,15H,3-9,11H2,1-2H3. The lowest BCUT2D eigenvalue weighted by molar-refractivity contribution is 0.282. The van der Waals surface area contributed by atoms with Crippen LogP contribution in [0.5, 0.6) is 0 Å². The van der Waals surface area contributed by atoms with Gasteiger partial charge in [-0.3, -0.25) is 0 Å². The Labute approximate surface area is 99.8 Å². The van der Waals surface area contributed by atoms with E-state index in [0.717, 1.165) is 6.54 Å². The molecule has 0 spiro atoms. The van der Waals surface area contributed by atoms with Gasteiger partial charge in [-0.25, -0.2) is 0 Å². The fourth-order valence-electron chi connectivity index (χ4n) is 2.29. The molecule has 1 N–H and O–H groups in total. The first-order valence-corrected chi connectivity index (χ1v) is 6.61. The Morgan fingerprint density at radius 1 is 1.44 bits per heavy atom. The van der Waals surface area contributed by atoms with Gasteiger partial charge in [-0.2, -0.15) is 5.26 Å². The number of rotatable bonds is 5. The molecule has 92 valence electrons. The maximum Gasteiger partial charge on any atom is 0.0666 e. The molecule has 3 heteroatoms. The topological polar surface area (TPSA) is 39.1 Å². The summed E-state index contributed by atoms with van der Waals surface area (Å²) in [4.78, 5) is 2.56. The van der Waals surface area contributed by atoms with Crippen molar-refractivity contribution in [2.24, 2.45) is 5.92 Å². The second-order valence-corrected chi connectivity index (χ2v) is 4.91. The van der Waals surface area contributed by atoms with E-state index in [1.807, 2.05) is 6.92 Å². The Morgan fingerprint density at radius 3 is 2.94 bits per heavy atom. The number of likely N-dealkylation sites (tertiary alicyclic amines) is 1. The highest BCUT2D eigenvalue weighted by molar-refractivity contribution is 4.83. The lowest BCUT2D eigenvalue weighted by Crippen LogP contribution is -2.33. The molecule has 1 heterocycles. The first-order chi connectivity index (χ1) is 7.76. The Hall–Kier alpha value is -0.590. The van der Waals surface area contributed by atoms with Gasteiger partial charge in [0.25, 0.3) is 0 Å². The van der Waals surface area contributed by atoms with E-state index in [2.05, 4.69) is 23.2 Å². The van der Waals surface area contributed by atoms with Crippen molar-refractivity contribution < 1.29 is 0 Å². The van der Waals surface area contributed by atoms with Gasteiger partial charge >= 0.3 is 0 Å². The molecule has 16 heavy (non-hydrogen) atoms. The predicted molar refractivity (Wildman–Crippen MR) is 67.1 cm³/mol. The Balaban J connectivity index is 2.22. The van der Waals surface area contributed by atoms with Crippen LogP contribution in [0.25, 0.3) is 0 Å². The summed E-state index contributed by atoms with van der Waals surface area (Å²) in [6.45, 7) is 8.77. The Morgan fingerprint density at radius 2 is 2.25 bits per heavy atom. The quantitative estimate of drug-likeness (QED) is 0.775. The minimum absolute atomic E-state index is 0.134. The molecule has 0 aromatic rings. The number of nitriles is 1. The molecule has 1 saturated heterocycles. The molecule has 1 aliphatic heterocycles. The van der Waals surface area contributed by atoms with Crippen LogP contribution in [0.4, 0.5) is 0 Å². The third-order valence-corrected chi connectivity index (χ3v) is 3.29.